The van der Waals surface area contributed by atoms with Gasteiger partial charge in [-0.1, -0.05) is 158 Å². The van der Waals surface area contributed by atoms with E-state index in [1.807, 2.05) is 12.1 Å². The molecule has 11 aromatic rings. The Hall–Kier alpha value is -7.42. The first-order valence-electron chi connectivity index (χ1n) is 19.2. The van der Waals surface area contributed by atoms with Crippen LogP contribution in [0.4, 0.5) is 17.1 Å². The summed E-state index contributed by atoms with van der Waals surface area (Å²) in [4.78, 5) is 2.34. The Bertz CT molecular complexity index is 3250. The Morgan fingerprint density at radius 3 is 1.62 bits per heavy atom. The lowest BCUT2D eigenvalue weighted by Gasteiger charge is -2.26. The van der Waals surface area contributed by atoms with E-state index in [1.165, 1.54) is 60.1 Å². The summed E-state index contributed by atoms with van der Waals surface area (Å²) >= 11 is 0. The molecule has 2 heteroatoms. The largest absolute Gasteiger partial charge is 0.455 e. The minimum absolute atomic E-state index is 0.912. The third kappa shape index (κ3) is 5.42. The molecule has 0 saturated carbocycles. The quantitative estimate of drug-likeness (QED) is 0.171. The summed E-state index contributed by atoms with van der Waals surface area (Å²) in [5.74, 6) is 0. The highest BCUT2D eigenvalue weighted by Gasteiger charge is 2.17. The number of anilines is 3. The van der Waals surface area contributed by atoms with Gasteiger partial charge in [-0.05, 0) is 115 Å². The van der Waals surface area contributed by atoms with E-state index in [0.717, 1.165) is 44.6 Å². The van der Waals surface area contributed by atoms with Crippen LogP contribution in [0.15, 0.2) is 217 Å². The van der Waals surface area contributed by atoms with Crippen molar-refractivity contribution in [2.75, 3.05) is 4.90 Å². The lowest BCUT2D eigenvalue weighted by molar-refractivity contribution is 0.670. The van der Waals surface area contributed by atoms with Crippen LogP contribution in [-0.4, -0.2) is 0 Å². The van der Waals surface area contributed by atoms with Crippen molar-refractivity contribution in [3.05, 3.63) is 212 Å². The predicted octanol–water partition coefficient (Wildman–Crippen LogP) is 15.5. The molecule has 0 amide bonds. The summed E-state index contributed by atoms with van der Waals surface area (Å²) in [6.45, 7) is 0. The fraction of sp³-hybridized carbons (Fsp3) is 0. The van der Waals surface area contributed by atoms with Gasteiger partial charge in [0.1, 0.15) is 11.2 Å². The molecule has 2 nitrogen and oxygen atoms in total. The zero-order valence-corrected chi connectivity index (χ0v) is 30.6. The molecule has 0 aliphatic heterocycles. The Kier molecular flexibility index (Phi) is 7.53. The fourth-order valence-corrected chi connectivity index (χ4v) is 8.48. The summed E-state index contributed by atoms with van der Waals surface area (Å²) in [6.07, 6.45) is 0. The topological polar surface area (TPSA) is 16.4 Å². The minimum atomic E-state index is 0.912. The smallest absolute Gasteiger partial charge is 0.143 e. The maximum absolute atomic E-state index is 6.47. The van der Waals surface area contributed by atoms with Crippen LogP contribution in [0.2, 0.25) is 0 Å². The van der Waals surface area contributed by atoms with E-state index in [-0.39, 0.29) is 0 Å². The lowest BCUT2D eigenvalue weighted by Crippen LogP contribution is -2.09. The molecular weight excluding hydrogens is 679 g/mol. The summed E-state index contributed by atoms with van der Waals surface area (Å²) in [6, 6.07) is 76.5. The molecule has 0 fully saturated rings. The second kappa shape index (κ2) is 13.2. The van der Waals surface area contributed by atoms with Gasteiger partial charge in [-0.3, -0.25) is 0 Å². The molecule has 0 aliphatic carbocycles. The van der Waals surface area contributed by atoms with E-state index < -0.39 is 0 Å². The first kappa shape index (κ1) is 32.0. The van der Waals surface area contributed by atoms with Crippen molar-refractivity contribution < 1.29 is 4.42 Å². The van der Waals surface area contributed by atoms with E-state index in [2.05, 4.69) is 205 Å². The van der Waals surface area contributed by atoms with Gasteiger partial charge in [0.2, 0.25) is 0 Å². The Labute approximate surface area is 325 Å². The monoisotopic (exact) mass is 713 g/mol. The van der Waals surface area contributed by atoms with Gasteiger partial charge >= 0.3 is 0 Å². The standard InChI is InChI=1S/C54H35NO/c1-2-13-43(14-3-1)55(45-30-27-41-34-40(23-24-42(41)35-45)39-22-21-36-11-4-5-12-38(36)33-39)44-28-25-37(26-29-44)46-31-32-49(48-16-7-6-15-47(46)48)51-18-10-19-52-50-17-8-9-20-53(50)56-54(51)52/h1-35H. The van der Waals surface area contributed by atoms with Crippen LogP contribution >= 0.6 is 0 Å². The van der Waals surface area contributed by atoms with Gasteiger partial charge in [0.15, 0.2) is 0 Å². The molecule has 0 radical (unpaired) electrons. The number of fused-ring (bicyclic) bond motifs is 6. The molecule has 0 atom stereocenters. The number of hydrogen-bond acceptors (Lipinski definition) is 2. The highest BCUT2D eigenvalue weighted by Crippen LogP contribution is 2.42. The highest BCUT2D eigenvalue weighted by atomic mass is 16.3. The predicted molar refractivity (Wildman–Crippen MR) is 237 cm³/mol. The van der Waals surface area contributed by atoms with Crippen LogP contribution in [0.3, 0.4) is 0 Å². The Morgan fingerprint density at radius 1 is 0.286 bits per heavy atom. The van der Waals surface area contributed by atoms with Crippen LogP contribution in [-0.2, 0) is 0 Å². The van der Waals surface area contributed by atoms with Gasteiger partial charge in [-0.25, -0.2) is 0 Å². The van der Waals surface area contributed by atoms with Gasteiger partial charge < -0.3 is 9.32 Å². The van der Waals surface area contributed by atoms with Crippen LogP contribution in [0.5, 0.6) is 0 Å². The molecule has 0 saturated heterocycles. The molecule has 11 rings (SSSR count). The van der Waals surface area contributed by atoms with Crippen LogP contribution in [0, 0.1) is 0 Å². The van der Waals surface area contributed by atoms with Crippen LogP contribution in [0.25, 0.3) is 87.6 Å². The second-order valence-corrected chi connectivity index (χ2v) is 14.5. The zero-order valence-electron chi connectivity index (χ0n) is 30.6. The van der Waals surface area contributed by atoms with Crippen molar-refractivity contribution >= 4 is 71.3 Å². The van der Waals surface area contributed by atoms with Crippen molar-refractivity contribution in [3.63, 3.8) is 0 Å². The second-order valence-electron chi connectivity index (χ2n) is 14.5. The summed E-state index contributed by atoms with van der Waals surface area (Å²) in [5.41, 5.74) is 12.3. The number of benzene rings is 10. The van der Waals surface area contributed by atoms with Crippen molar-refractivity contribution in [2.24, 2.45) is 0 Å². The van der Waals surface area contributed by atoms with Gasteiger partial charge in [0.05, 0.1) is 0 Å². The maximum atomic E-state index is 6.47. The van der Waals surface area contributed by atoms with Crippen LogP contribution < -0.4 is 4.90 Å². The van der Waals surface area contributed by atoms with E-state index in [9.17, 15) is 0 Å². The fourth-order valence-electron chi connectivity index (χ4n) is 8.48. The Balaban J connectivity index is 0.963. The van der Waals surface area contributed by atoms with E-state index >= 15 is 0 Å². The van der Waals surface area contributed by atoms with Crippen molar-refractivity contribution in [1.82, 2.24) is 0 Å². The third-order valence-electron chi connectivity index (χ3n) is 11.2. The Morgan fingerprint density at radius 2 is 0.821 bits per heavy atom. The first-order chi connectivity index (χ1) is 27.7. The maximum Gasteiger partial charge on any atom is 0.143 e. The number of para-hydroxylation sites is 3. The van der Waals surface area contributed by atoms with Gasteiger partial charge in [-0.2, -0.15) is 0 Å². The number of nitrogens with zero attached hydrogens (tertiary/aromatic N) is 1. The van der Waals surface area contributed by atoms with Crippen molar-refractivity contribution in [3.8, 4) is 33.4 Å². The highest BCUT2D eigenvalue weighted by molar-refractivity contribution is 6.13. The van der Waals surface area contributed by atoms with E-state index in [4.69, 9.17) is 4.42 Å². The molecule has 0 bridgehead atoms. The molecule has 0 N–H and O–H groups in total. The average molecular weight is 714 g/mol. The van der Waals surface area contributed by atoms with Crippen molar-refractivity contribution in [2.45, 2.75) is 0 Å². The molecule has 1 heterocycles. The molecule has 0 spiro atoms. The summed E-state index contributed by atoms with van der Waals surface area (Å²) in [5, 5.41) is 9.63. The molecule has 1 aromatic heterocycles. The van der Waals surface area contributed by atoms with Gasteiger partial charge in [0, 0.05) is 33.4 Å². The minimum Gasteiger partial charge on any atom is -0.455 e. The molecular formula is C54H35NO. The normalized spacial score (nSPS) is 11.6. The molecule has 0 aliphatic rings. The molecule has 10 aromatic carbocycles. The summed E-state index contributed by atoms with van der Waals surface area (Å²) < 4.78 is 6.47. The average Bonchev–Trinajstić information content (AvgIpc) is 3.66. The van der Waals surface area contributed by atoms with Crippen LogP contribution in [0.1, 0.15) is 0 Å². The number of hydrogen-bond donors (Lipinski definition) is 0. The van der Waals surface area contributed by atoms with E-state index in [0.29, 0.717) is 0 Å². The van der Waals surface area contributed by atoms with Gasteiger partial charge in [0.25, 0.3) is 0 Å². The number of furan rings is 1. The zero-order chi connectivity index (χ0) is 37.0. The third-order valence-corrected chi connectivity index (χ3v) is 11.2. The molecule has 0 unspecified atom stereocenters. The lowest BCUT2D eigenvalue weighted by atomic mass is 9.91. The first-order valence-corrected chi connectivity index (χ1v) is 19.2. The number of rotatable bonds is 6. The van der Waals surface area contributed by atoms with Crippen molar-refractivity contribution in [1.29, 1.82) is 0 Å². The molecule has 262 valence electrons. The SMILES string of the molecule is c1ccc(N(c2ccc(-c3ccc(-c4cccc5c4oc4ccccc45)c4ccccc34)cc2)c2ccc3cc(-c4ccc5ccccc5c4)ccc3c2)cc1. The summed E-state index contributed by atoms with van der Waals surface area (Å²) in [7, 11) is 0. The van der Waals surface area contributed by atoms with E-state index in [1.54, 1.807) is 0 Å². The van der Waals surface area contributed by atoms with Gasteiger partial charge in [-0.15, -0.1) is 0 Å². The molecule has 56 heavy (non-hydrogen) atoms.